The number of halogens is 3. The van der Waals surface area contributed by atoms with Crippen LogP contribution in [0.2, 0.25) is 0 Å². The van der Waals surface area contributed by atoms with Crippen molar-refractivity contribution in [3.05, 3.63) is 59.8 Å². The van der Waals surface area contributed by atoms with Crippen molar-refractivity contribution < 1.29 is 23.1 Å². The summed E-state index contributed by atoms with van der Waals surface area (Å²) in [5.74, 6) is -0.832. The van der Waals surface area contributed by atoms with Crippen molar-refractivity contribution in [1.29, 1.82) is 0 Å². The molecule has 3 aromatic rings. The number of hydrogen-bond donors (Lipinski definition) is 2. The minimum atomic E-state index is -1.23. The number of pyridine rings is 2. The summed E-state index contributed by atoms with van der Waals surface area (Å²) >= 11 is 0. The fourth-order valence-corrected chi connectivity index (χ4v) is 4.50. The van der Waals surface area contributed by atoms with Crippen molar-refractivity contribution in [3.8, 4) is 0 Å². The first kappa shape index (κ1) is 21.4. The zero-order chi connectivity index (χ0) is 23.1. The Morgan fingerprint density at radius 2 is 2.00 bits per heavy atom. The summed E-state index contributed by atoms with van der Waals surface area (Å²) in [4.78, 5) is 24.6. The van der Waals surface area contributed by atoms with E-state index in [0.717, 1.165) is 18.2 Å². The molecule has 0 saturated carbocycles. The summed E-state index contributed by atoms with van der Waals surface area (Å²) in [6.07, 6.45) is 0.290. The van der Waals surface area contributed by atoms with Crippen molar-refractivity contribution >= 4 is 28.6 Å². The Bertz CT molecular complexity index is 1210. The third kappa shape index (κ3) is 4.18. The number of hydrogen-bond acceptors (Lipinski definition) is 5. The fourth-order valence-electron chi connectivity index (χ4n) is 4.50. The lowest BCUT2D eigenvalue weighted by Crippen LogP contribution is -2.33. The van der Waals surface area contributed by atoms with E-state index in [1.807, 2.05) is 0 Å². The molecule has 2 aliphatic rings. The van der Waals surface area contributed by atoms with Crippen LogP contribution < -0.4 is 10.2 Å². The molecule has 0 radical (unpaired) electrons. The zero-order valence-electron chi connectivity index (χ0n) is 17.6. The first-order valence-electron chi connectivity index (χ1n) is 10.7. The topological polar surface area (TPSA) is 81.6 Å². The van der Waals surface area contributed by atoms with Crippen molar-refractivity contribution in [1.82, 2.24) is 14.9 Å². The number of aliphatic hydroxyl groups excluding tert-OH is 1. The van der Waals surface area contributed by atoms with E-state index in [1.54, 1.807) is 23.1 Å². The molecule has 0 bridgehead atoms. The number of fused-ring (bicyclic) bond motifs is 1. The summed E-state index contributed by atoms with van der Waals surface area (Å²) in [6, 6.07) is 7.02. The highest BCUT2D eigenvalue weighted by Gasteiger charge is 2.36. The Balaban J connectivity index is 1.48. The monoisotopic (exact) mass is 457 g/mol. The van der Waals surface area contributed by atoms with Gasteiger partial charge in [-0.2, -0.15) is 0 Å². The van der Waals surface area contributed by atoms with E-state index < -0.39 is 30.0 Å². The van der Waals surface area contributed by atoms with Crippen LogP contribution in [0.5, 0.6) is 0 Å². The van der Waals surface area contributed by atoms with Crippen molar-refractivity contribution in [2.45, 2.75) is 31.2 Å². The predicted molar refractivity (Wildman–Crippen MR) is 117 cm³/mol. The maximum Gasteiger partial charge on any atom is 0.321 e. The zero-order valence-corrected chi connectivity index (χ0v) is 17.6. The Morgan fingerprint density at radius 3 is 2.79 bits per heavy atom. The second-order valence-corrected chi connectivity index (χ2v) is 8.38. The molecule has 0 spiro atoms. The van der Waals surface area contributed by atoms with E-state index >= 15 is 0 Å². The first-order chi connectivity index (χ1) is 15.9. The number of aromatic nitrogens is 2. The van der Waals surface area contributed by atoms with Gasteiger partial charge in [0, 0.05) is 31.3 Å². The maximum absolute atomic E-state index is 14.5. The van der Waals surface area contributed by atoms with Crippen LogP contribution in [0.3, 0.4) is 0 Å². The lowest BCUT2D eigenvalue weighted by molar-refractivity contribution is 0.176. The van der Waals surface area contributed by atoms with Crippen LogP contribution in [0.1, 0.15) is 24.4 Å². The summed E-state index contributed by atoms with van der Waals surface area (Å²) in [6.45, 7) is 0.675. The lowest BCUT2D eigenvalue weighted by atomic mass is 10.0. The summed E-state index contributed by atoms with van der Waals surface area (Å²) in [5.41, 5.74) is 1.40. The molecule has 0 unspecified atom stereocenters. The van der Waals surface area contributed by atoms with Gasteiger partial charge in [-0.25, -0.2) is 22.9 Å². The highest BCUT2D eigenvalue weighted by atomic mass is 19.1. The molecule has 5 rings (SSSR count). The number of rotatable bonds is 3. The second kappa shape index (κ2) is 8.51. The molecule has 2 saturated heterocycles. The van der Waals surface area contributed by atoms with Crippen molar-refractivity contribution in [2.75, 3.05) is 29.9 Å². The Kier molecular flexibility index (Phi) is 5.53. The second-order valence-electron chi connectivity index (χ2n) is 8.38. The van der Waals surface area contributed by atoms with E-state index in [-0.39, 0.29) is 31.1 Å². The van der Waals surface area contributed by atoms with Gasteiger partial charge in [-0.15, -0.1) is 0 Å². The molecule has 2 aliphatic heterocycles. The molecule has 0 aliphatic carbocycles. The van der Waals surface area contributed by atoms with Gasteiger partial charge in [-0.3, -0.25) is 4.98 Å². The van der Waals surface area contributed by atoms with Gasteiger partial charge < -0.3 is 20.2 Å². The molecular formula is C23H22F3N5O2. The minimum absolute atomic E-state index is 0.00795. The third-order valence-corrected chi connectivity index (χ3v) is 6.12. The molecular weight excluding hydrogens is 435 g/mol. The van der Waals surface area contributed by atoms with Crippen molar-refractivity contribution in [2.24, 2.45) is 0 Å². The number of nitrogens with zero attached hydrogens (tertiary/aromatic N) is 4. The molecule has 2 amide bonds. The third-order valence-electron chi connectivity index (χ3n) is 6.12. The molecule has 3 atom stereocenters. The van der Waals surface area contributed by atoms with Crippen LogP contribution in [0.4, 0.5) is 29.5 Å². The number of carbonyl (C=O) groups excluding carboxylic acids is 1. The standard InChI is InChI=1S/C23H22F3N5O2/c24-13-1-2-17(26)16(9-13)20-10-14(25)11-31(20)21-4-3-18-22(29-21)19(5-7-27-18)28-23(33)30-8-6-15(32)12-30/h1-5,7,9,14-15,20,32H,6,8,10-12H2,(H,27,28,33)/t14-,15-,20+/m0/s1. The lowest BCUT2D eigenvalue weighted by Gasteiger charge is -2.26. The van der Waals surface area contributed by atoms with E-state index in [1.165, 1.54) is 11.1 Å². The van der Waals surface area contributed by atoms with Gasteiger partial charge in [0.05, 0.1) is 29.9 Å². The van der Waals surface area contributed by atoms with Gasteiger partial charge in [0.25, 0.3) is 0 Å². The Morgan fingerprint density at radius 1 is 1.15 bits per heavy atom. The number of anilines is 2. The summed E-state index contributed by atoms with van der Waals surface area (Å²) in [5, 5.41) is 12.5. The summed E-state index contributed by atoms with van der Waals surface area (Å²) < 4.78 is 42.7. The number of amides is 2. The van der Waals surface area contributed by atoms with E-state index in [4.69, 9.17) is 0 Å². The summed E-state index contributed by atoms with van der Waals surface area (Å²) in [7, 11) is 0. The molecule has 33 heavy (non-hydrogen) atoms. The molecule has 1 aromatic carbocycles. The number of nitrogens with one attached hydrogen (secondary N) is 1. The highest BCUT2D eigenvalue weighted by Crippen LogP contribution is 2.38. The number of likely N-dealkylation sites (tertiary alicyclic amines) is 1. The number of alkyl halides is 1. The van der Waals surface area contributed by atoms with E-state index in [2.05, 4.69) is 15.3 Å². The number of carbonyl (C=O) groups is 1. The van der Waals surface area contributed by atoms with Crippen LogP contribution in [0.25, 0.3) is 11.0 Å². The average molecular weight is 457 g/mol. The highest BCUT2D eigenvalue weighted by molar-refractivity contribution is 5.98. The average Bonchev–Trinajstić information content (AvgIpc) is 3.41. The molecule has 2 fully saturated rings. The van der Waals surface area contributed by atoms with Crippen LogP contribution in [-0.4, -0.2) is 57.9 Å². The quantitative estimate of drug-likeness (QED) is 0.626. The van der Waals surface area contributed by atoms with Gasteiger partial charge >= 0.3 is 6.03 Å². The van der Waals surface area contributed by atoms with Gasteiger partial charge in [0.2, 0.25) is 0 Å². The van der Waals surface area contributed by atoms with Crippen LogP contribution in [0, 0.1) is 11.6 Å². The van der Waals surface area contributed by atoms with Gasteiger partial charge in [0.1, 0.15) is 29.1 Å². The van der Waals surface area contributed by atoms with Crippen LogP contribution >= 0.6 is 0 Å². The SMILES string of the molecule is O=C(Nc1ccnc2ccc(N3C[C@@H](F)C[C@@H]3c3cc(F)ccc3F)nc12)N1CC[C@H](O)C1. The number of benzene rings is 1. The van der Waals surface area contributed by atoms with Gasteiger partial charge in [-0.05, 0) is 42.8 Å². The molecule has 10 heteroatoms. The number of aliphatic hydroxyl groups is 1. The molecule has 4 heterocycles. The fraction of sp³-hybridized carbons (Fsp3) is 0.348. The van der Waals surface area contributed by atoms with E-state index in [0.29, 0.717) is 35.5 Å². The smallest absolute Gasteiger partial charge is 0.321 e. The number of β-amino-alcohol motifs (C(OH)–C–C–N with tert-alkyl or cyclic N) is 1. The van der Waals surface area contributed by atoms with E-state index in [9.17, 15) is 23.1 Å². The maximum atomic E-state index is 14.5. The van der Waals surface area contributed by atoms with Gasteiger partial charge in [-0.1, -0.05) is 0 Å². The number of urea groups is 1. The minimum Gasteiger partial charge on any atom is -0.391 e. The molecule has 172 valence electrons. The van der Waals surface area contributed by atoms with Gasteiger partial charge in [0.15, 0.2) is 0 Å². The molecule has 2 N–H and O–H groups in total. The van der Waals surface area contributed by atoms with Crippen LogP contribution in [-0.2, 0) is 0 Å². The predicted octanol–water partition coefficient (Wildman–Crippen LogP) is 3.80. The first-order valence-corrected chi connectivity index (χ1v) is 10.7. The molecule has 2 aromatic heterocycles. The van der Waals surface area contributed by atoms with Crippen LogP contribution in [0.15, 0.2) is 42.6 Å². The normalized spacial score (nSPS) is 22.8. The largest absolute Gasteiger partial charge is 0.391 e. The molecule has 7 nitrogen and oxygen atoms in total. The Hall–Kier alpha value is -3.40. The Labute approximate surface area is 187 Å². The van der Waals surface area contributed by atoms with Crippen molar-refractivity contribution in [3.63, 3.8) is 0 Å².